The van der Waals surface area contributed by atoms with Gasteiger partial charge in [-0.25, -0.2) is 0 Å². The third-order valence-electron chi connectivity index (χ3n) is 22.9. The lowest BCUT2D eigenvalue weighted by atomic mass is 9.70. The van der Waals surface area contributed by atoms with Gasteiger partial charge in [-0.1, -0.05) is 135 Å². The summed E-state index contributed by atoms with van der Waals surface area (Å²) >= 11 is 4.35. The van der Waals surface area contributed by atoms with Crippen LogP contribution in [0.4, 0.5) is 0 Å². The first kappa shape index (κ1) is 52.6. The monoisotopic (exact) mass is 985 g/mol. The lowest BCUT2D eigenvalue weighted by molar-refractivity contribution is 0.278. The summed E-state index contributed by atoms with van der Waals surface area (Å²) in [5.41, 5.74) is 16.6. The second kappa shape index (κ2) is 19.3. The zero-order valence-corrected chi connectivity index (χ0v) is 50.2. The van der Waals surface area contributed by atoms with E-state index in [1.54, 1.807) is 9.00 Å². The second-order valence-electron chi connectivity index (χ2n) is 23.5. The molecular formula is C64H96S2Si2. The van der Waals surface area contributed by atoms with Crippen molar-refractivity contribution in [2.45, 2.75) is 283 Å². The molecule has 68 heavy (non-hydrogen) atoms. The molecule has 2 heterocycles. The Kier molecular flexibility index (Phi) is 14.9. The summed E-state index contributed by atoms with van der Waals surface area (Å²) in [4.78, 5) is 0. The molecule has 2 aromatic carbocycles. The second-order valence-corrected chi connectivity index (χ2v) is 32.7. The average molecular weight is 986 g/mol. The van der Waals surface area contributed by atoms with E-state index < -0.39 is 15.8 Å². The highest BCUT2D eigenvalue weighted by molar-refractivity contribution is 7.37. The van der Waals surface area contributed by atoms with E-state index in [1.165, 1.54) is 128 Å². The Balaban J connectivity index is 1.79. The van der Waals surface area contributed by atoms with Crippen molar-refractivity contribution in [3.8, 4) is 0 Å². The molecule has 2 aromatic heterocycles. The van der Waals surface area contributed by atoms with Gasteiger partial charge in [-0.2, -0.15) is 0 Å². The van der Waals surface area contributed by atoms with Gasteiger partial charge in [0.2, 0.25) is 0 Å². The summed E-state index contributed by atoms with van der Waals surface area (Å²) in [6, 6.07) is 16.4. The summed E-state index contributed by atoms with van der Waals surface area (Å²) in [5.74, 6) is 0. The standard InChI is InChI=1S/C64H96S2Si2/c1-17-57(18-2)41-61(25-9,26-10)51-45(57)39-46-52(62(27-11,28-12)42-58(46,19-3)20-4)55(51)67(49-35-33-37-65-49)68(50-36-34-38-66-50)56-53-47(59(21-5,22-6)43-63(53,29-13)30-14)40-48-54(56)64(31-15,32-16)44-60(48,23-7)24-8/h33-40H,17-32,41-44H2,1-16H3/b68-67+. The van der Waals surface area contributed by atoms with Crippen LogP contribution in [0.2, 0.25) is 0 Å². The van der Waals surface area contributed by atoms with E-state index in [4.69, 9.17) is 0 Å². The maximum Gasteiger partial charge on any atom is 0.0832 e. The molecule has 0 nitrogen and oxygen atoms in total. The Morgan fingerprint density at radius 1 is 0.324 bits per heavy atom. The van der Waals surface area contributed by atoms with Crippen molar-refractivity contribution in [2.75, 3.05) is 0 Å². The van der Waals surface area contributed by atoms with Crippen molar-refractivity contribution >= 4 is 57.8 Å². The molecule has 0 bridgehead atoms. The molecule has 0 atom stereocenters. The largest absolute Gasteiger partial charge is 0.150 e. The van der Waals surface area contributed by atoms with Crippen LogP contribution in [0.15, 0.2) is 47.2 Å². The smallest absolute Gasteiger partial charge is 0.0832 e. The Labute approximate surface area is 429 Å². The van der Waals surface area contributed by atoms with E-state index in [0.29, 0.717) is 0 Å². The van der Waals surface area contributed by atoms with Crippen LogP contribution in [0, 0.1) is 0 Å². The Hall–Kier alpha value is -1.73. The Morgan fingerprint density at radius 2 is 0.529 bits per heavy atom. The van der Waals surface area contributed by atoms with E-state index in [2.05, 4.69) is 181 Å². The molecular weight excluding hydrogens is 889 g/mol. The molecule has 0 saturated carbocycles. The quantitative estimate of drug-likeness (QED) is 0.0774. The van der Waals surface area contributed by atoms with Crippen LogP contribution in [-0.4, -0.2) is 15.8 Å². The van der Waals surface area contributed by atoms with Crippen molar-refractivity contribution in [3.05, 3.63) is 91.7 Å². The van der Waals surface area contributed by atoms with Gasteiger partial charge in [-0.3, -0.25) is 0 Å². The van der Waals surface area contributed by atoms with Crippen molar-refractivity contribution in [1.29, 1.82) is 0 Å². The first-order chi connectivity index (χ1) is 32.7. The van der Waals surface area contributed by atoms with Gasteiger partial charge >= 0.3 is 0 Å². The summed E-state index contributed by atoms with van der Waals surface area (Å²) in [7, 11) is -2.94. The van der Waals surface area contributed by atoms with Crippen LogP contribution in [-0.2, 0) is 43.3 Å². The fourth-order valence-electron chi connectivity index (χ4n) is 17.6. The number of hydrogen-bond donors (Lipinski definition) is 0. The number of hydrogen-bond acceptors (Lipinski definition) is 2. The van der Waals surface area contributed by atoms with Gasteiger partial charge in [0.1, 0.15) is 0 Å². The molecule has 372 valence electrons. The van der Waals surface area contributed by atoms with E-state index in [9.17, 15) is 0 Å². The van der Waals surface area contributed by atoms with E-state index in [0.717, 1.165) is 0 Å². The normalized spacial score (nSPS) is 21.6. The Morgan fingerprint density at radius 3 is 0.691 bits per heavy atom. The number of rotatable bonds is 20. The van der Waals surface area contributed by atoms with Gasteiger partial charge in [0.15, 0.2) is 0 Å². The molecule has 8 rings (SSSR count). The van der Waals surface area contributed by atoms with Crippen LogP contribution in [0.3, 0.4) is 0 Å². The van der Waals surface area contributed by atoms with E-state index in [1.807, 2.05) is 54.9 Å². The minimum Gasteiger partial charge on any atom is -0.150 e. The molecule has 0 spiro atoms. The molecule has 0 radical (unpaired) electrons. The zero-order valence-electron chi connectivity index (χ0n) is 46.6. The number of benzene rings is 2. The lowest BCUT2D eigenvalue weighted by Gasteiger charge is -2.39. The number of thiophene rings is 2. The predicted molar refractivity (Wildman–Crippen MR) is 308 cm³/mol. The highest BCUT2D eigenvalue weighted by Gasteiger charge is 2.60. The Bertz CT molecular complexity index is 2150. The molecule has 0 amide bonds. The molecule has 4 aliphatic carbocycles. The molecule has 0 saturated heterocycles. The summed E-state index contributed by atoms with van der Waals surface area (Å²) in [5, 5.41) is 8.98. The van der Waals surface area contributed by atoms with Gasteiger partial charge in [-0.15, -0.1) is 22.7 Å². The van der Waals surface area contributed by atoms with E-state index in [-0.39, 0.29) is 43.3 Å². The average Bonchev–Trinajstić information content (AvgIpc) is 4.27. The molecule has 4 aromatic rings. The minimum absolute atomic E-state index is 0.186. The van der Waals surface area contributed by atoms with Gasteiger partial charge < -0.3 is 0 Å². The van der Waals surface area contributed by atoms with Crippen LogP contribution in [0.1, 0.15) is 284 Å². The van der Waals surface area contributed by atoms with Gasteiger partial charge in [-0.05, 0) is 250 Å². The lowest BCUT2D eigenvalue weighted by Crippen LogP contribution is -2.57. The van der Waals surface area contributed by atoms with Crippen LogP contribution in [0.5, 0.6) is 0 Å². The predicted octanol–water partition coefficient (Wildman–Crippen LogP) is 16.9. The van der Waals surface area contributed by atoms with Crippen molar-refractivity contribution in [1.82, 2.24) is 0 Å². The third kappa shape index (κ3) is 6.96. The van der Waals surface area contributed by atoms with Crippen molar-refractivity contribution in [2.24, 2.45) is 0 Å². The summed E-state index contributed by atoms with van der Waals surface area (Å²) < 4.78 is 3.53. The highest BCUT2D eigenvalue weighted by atomic mass is 32.1. The zero-order chi connectivity index (χ0) is 49.3. The minimum atomic E-state index is -1.47. The maximum atomic E-state index is 2.99. The van der Waals surface area contributed by atoms with Crippen LogP contribution >= 0.6 is 22.7 Å². The number of fused-ring (bicyclic) bond motifs is 4. The molecule has 0 aliphatic heterocycles. The fourth-order valence-corrected chi connectivity index (χ4v) is 33.0. The van der Waals surface area contributed by atoms with Crippen LogP contribution in [0.25, 0.3) is 0 Å². The van der Waals surface area contributed by atoms with Gasteiger partial charge in [0.05, 0.1) is 15.8 Å². The topological polar surface area (TPSA) is 0 Å². The van der Waals surface area contributed by atoms with Crippen molar-refractivity contribution < 1.29 is 0 Å². The molecule has 4 aliphatic rings. The van der Waals surface area contributed by atoms with Gasteiger partial charge in [0, 0.05) is 9.00 Å². The maximum absolute atomic E-state index is 2.99. The molecule has 0 N–H and O–H groups in total. The summed E-state index contributed by atoms with van der Waals surface area (Å²) in [6.45, 7) is 41.5. The van der Waals surface area contributed by atoms with E-state index >= 15 is 0 Å². The molecule has 4 heteroatoms. The fraction of sp³-hybridized carbons (Fsp3) is 0.688. The first-order valence-electron chi connectivity index (χ1n) is 29.0. The van der Waals surface area contributed by atoms with Crippen LogP contribution < -0.4 is 19.4 Å². The molecule has 0 fully saturated rings. The van der Waals surface area contributed by atoms with Crippen molar-refractivity contribution in [3.63, 3.8) is 0 Å². The first-order valence-corrected chi connectivity index (χ1v) is 34.8. The molecule has 0 unspecified atom stereocenters. The summed E-state index contributed by atoms with van der Waals surface area (Å²) in [6.07, 6.45) is 25.2. The third-order valence-corrected chi connectivity index (χ3v) is 35.7. The highest BCUT2D eigenvalue weighted by Crippen LogP contribution is 2.64. The SMILES string of the molecule is CCC1(CC)CC(CC)(CC)c2c1cc1c(c2/[Si](c2cccs2)=[Si](\c2cccs2)c2c3c(cc4c2C(CC)(CC)CC4(CC)CC)C(CC)(CC)CC3(CC)CC)C(CC)(CC)CC1(CC)CC. The van der Waals surface area contributed by atoms with Gasteiger partial charge in [0.25, 0.3) is 0 Å².